The van der Waals surface area contributed by atoms with E-state index in [4.69, 9.17) is 19.7 Å². The van der Waals surface area contributed by atoms with Crippen molar-refractivity contribution in [3.8, 4) is 22.6 Å². The third-order valence-electron chi connectivity index (χ3n) is 6.30. The van der Waals surface area contributed by atoms with Gasteiger partial charge in [0.15, 0.2) is 0 Å². The summed E-state index contributed by atoms with van der Waals surface area (Å²) in [6, 6.07) is 31.3. The Morgan fingerprint density at radius 3 is 1.71 bits per heavy atom. The molecule has 34 heavy (non-hydrogen) atoms. The van der Waals surface area contributed by atoms with E-state index < -0.39 is 5.41 Å². The second kappa shape index (κ2) is 9.63. The summed E-state index contributed by atoms with van der Waals surface area (Å²) in [5, 5.41) is 18.2. The van der Waals surface area contributed by atoms with E-state index in [1.807, 2.05) is 24.3 Å². The number of aliphatic hydroxyl groups excluding tert-OH is 2. The van der Waals surface area contributed by atoms with Crippen LogP contribution in [0.4, 0.5) is 0 Å². The molecule has 0 radical (unpaired) electrons. The molecule has 0 fully saturated rings. The summed E-state index contributed by atoms with van der Waals surface area (Å²) in [5.74, 6) is 1.45. The molecule has 4 nitrogen and oxygen atoms in total. The van der Waals surface area contributed by atoms with Crippen molar-refractivity contribution < 1.29 is 19.7 Å². The fourth-order valence-corrected chi connectivity index (χ4v) is 5.33. The normalized spacial score (nSPS) is 13.3. The first kappa shape index (κ1) is 22.7. The summed E-state index contributed by atoms with van der Waals surface area (Å²) in [6.07, 6.45) is 0. The SMILES string of the molecule is OCCOc1ccc(C2(c3ccc(OCCO)cc3)c3ccccc3-c3ccc(Br)cc32)cc1. The zero-order valence-corrected chi connectivity index (χ0v) is 20.2. The fraction of sp³-hybridized carbons (Fsp3) is 0.172. The molecule has 5 heteroatoms. The van der Waals surface area contributed by atoms with Crippen molar-refractivity contribution in [2.75, 3.05) is 26.4 Å². The highest BCUT2D eigenvalue weighted by atomic mass is 79.9. The maximum absolute atomic E-state index is 9.11. The van der Waals surface area contributed by atoms with Crippen molar-refractivity contribution in [1.82, 2.24) is 0 Å². The summed E-state index contributed by atoms with van der Waals surface area (Å²) < 4.78 is 12.3. The number of aliphatic hydroxyl groups is 2. The van der Waals surface area contributed by atoms with Crippen LogP contribution < -0.4 is 9.47 Å². The number of fused-ring (bicyclic) bond motifs is 3. The lowest BCUT2D eigenvalue weighted by Gasteiger charge is -2.34. The molecule has 0 spiro atoms. The van der Waals surface area contributed by atoms with Crippen molar-refractivity contribution in [3.63, 3.8) is 0 Å². The maximum atomic E-state index is 9.11. The van der Waals surface area contributed by atoms with Gasteiger partial charge >= 0.3 is 0 Å². The van der Waals surface area contributed by atoms with Gasteiger partial charge in [-0.05, 0) is 69.8 Å². The molecule has 0 aliphatic heterocycles. The molecule has 5 rings (SSSR count). The van der Waals surface area contributed by atoms with Gasteiger partial charge in [-0.15, -0.1) is 0 Å². The molecule has 4 aromatic carbocycles. The molecule has 0 saturated carbocycles. The second-order valence-corrected chi connectivity index (χ2v) is 9.09. The first-order chi connectivity index (χ1) is 16.7. The van der Waals surface area contributed by atoms with E-state index in [1.54, 1.807) is 0 Å². The van der Waals surface area contributed by atoms with Crippen LogP contribution in [0.1, 0.15) is 22.3 Å². The Hall–Kier alpha value is -3.12. The molecule has 0 atom stereocenters. The van der Waals surface area contributed by atoms with Gasteiger partial charge in [0.05, 0.1) is 18.6 Å². The molecule has 172 valence electrons. The van der Waals surface area contributed by atoms with Gasteiger partial charge in [-0.3, -0.25) is 0 Å². The van der Waals surface area contributed by atoms with Gasteiger partial charge in [-0.1, -0.05) is 70.5 Å². The van der Waals surface area contributed by atoms with Crippen LogP contribution in [-0.2, 0) is 5.41 Å². The third kappa shape index (κ3) is 3.80. The summed E-state index contributed by atoms with van der Waals surface area (Å²) in [7, 11) is 0. The molecule has 0 unspecified atom stereocenters. The molecule has 1 aliphatic carbocycles. The maximum Gasteiger partial charge on any atom is 0.119 e. The quantitative estimate of drug-likeness (QED) is 0.283. The van der Waals surface area contributed by atoms with E-state index in [2.05, 4.69) is 82.7 Å². The third-order valence-corrected chi connectivity index (χ3v) is 6.79. The zero-order chi connectivity index (χ0) is 23.5. The van der Waals surface area contributed by atoms with Gasteiger partial charge in [0.2, 0.25) is 0 Å². The van der Waals surface area contributed by atoms with Crippen LogP contribution in [-0.4, -0.2) is 36.6 Å². The van der Waals surface area contributed by atoms with Crippen molar-refractivity contribution >= 4 is 15.9 Å². The number of halogens is 1. The van der Waals surface area contributed by atoms with Crippen LogP contribution in [0.15, 0.2) is 95.5 Å². The molecular weight excluding hydrogens is 492 g/mol. The lowest BCUT2D eigenvalue weighted by Crippen LogP contribution is -2.28. The average Bonchev–Trinajstić information content (AvgIpc) is 3.17. The predicted molar refractivity (Wildman–Crippen MR) is 137 cm³/mol. The van der Waals surface area contributed by atoms with E-state index in [9.17, 15) is 0 Å². The van der Waals surface area contributed by atoms with Crippen LogP contribution in [0.3, 0.4) is 0 Å². The number of benzene rings is 4. The molecule has 0 aromatic heterocycles. The Bertz CT molecular complexity index is 1230. The minimum atomic E-state index is -0.527. The van der Waals surface area contributed by atoms with Crippen molar-refractivity contribution in [2.45, 2.75) is 5.41 Å². The van der Waals surface area contributed by atoms with Gasteiger partial charge in [-0.25, -0.2) is 0 Å². The minimum absolute atomic E-state index is 0.0227. The lowest BCUT2D eigenvalue weighted by atomic mass is 9.68. The van der Waals surface area contributed by atoms with Gasteiger partial charge in [0.1, 0.15) is 24.7 Å². The van der Waals surface area contributed by atoms with Crippen LogP contribution in [0.25, 0.3) is 11.1 Å². The highest BCUT2D eigenvalue weighted by molar-refractivity contribution is 9.10. The highest BCUT2D eigenvalue weighted by Crippen LogP contribution is 2.56. The topological polar surface area (TPSA) is 58.9 Å². The van der Waals surface area contributed by atoms with E-state index in [0.717, 1.165) is 27.1 Å². The van der Waals surface area contributed by atoms with Crippen LogP contribution >= 0.6 is 15.9 Å². The molecule has 0 bridgehead atoms. The second-order valence-electron chi connectivity index (χ2n) is 8.18. The first-order valence-electron chi connectivity index (χ1n) is 11.3. The molecule has 0 amide bonds. The van der Waals surface area contributed by atoms with Crippen molar-refractivity contribution in [3.05, 3.63) is 118 Å². The summed E-state index contributed by atoms with van der Waals surface area (Å²) in [6.45, 7) is 0.479. The number of rotatable bonds is 8. The summed E-state index contributed by atoms with van der Waals surface area (Å²) in [4.78, 5) is 0. The average molecular weight is 517 g/mol. The zero-order valence-electron chi connectivity index (χ0n) is 18.6. The number of hydrogen-bond donors (Lipinski definition) is 2. The van der Waals surface area contributed by atoms with Crippen LogP contribution in [0, 0.1) is 0 Å². The highest BCUT2D eigenvalue weighted by Gasteiger charge is 2.46. The molecule has 0 saturated heterocycles. The van der Waals surface area contributed by atoms with Crippen molar-refractivity contribution in [1.29, 1.82) is 0 Å². The van der Waals surface area contributed by atoms with Gasteiger partial charge in [-0.2, -0.15) is 0 Å². The van der Waals surface area contributed by atoms with Crippen LogP contribution in [0.5, 0.6) is 11.5 Å². The molecule has 1 aliphatic rings. The van der Waals surface area contributed by atoms with Crippen molar-refractivity contribution in [2.24, 2.45) is 0 Å². The number of hydrogen-bond acceptors (Lipinski definition) is 4. The largest absolute Gasteiger partial charge is 0.491 e. The lowest BCUT2D eigenvalue weighted by molar-refractivity contribution is 0.201. The van der Waals surface area contributed by atoms with E-state index in [-0.39, 0.29) is 26.4 Å². The smallest absolute Gasteiger partial charge is 0.119 e. The number of ether oxygens (including phenoxy) is 2. The van der Waals surface area contributed by atoms with Gasteiger partial charge in [0, 0.05) is 4.47 Å². The standard InChI is InChI=1S/C29H25BrO4/c30-22-9-14-26-25-3-1-2-4-27(25)29(28(26)19-22,20-5-10-23(11-6-20)33-17-15-31)21-7-12-24(13-8-21)34-18-16-32/h1-14,19,31-32H,15-18H2. The molecule has 2 N–H and O–H groups in total. The Labute approximate surface area is 207 Å². The van der Waals surface area contributed by atoms with E-state index in [0.29, 0.717) is 0 Å². The van der Waals surface area contributed by atoms with Gasteiger partial charge in [0.25, 0.3) is 0 Å². The Morgan fingerprint density at radius 2 is 1.15 bits per heavy atom. The first-order valence-corrected chi connectivity index (χ1v) is 12.1. The fourth-order valence-electron chi connectivity index (χ4n) is 4.97. The summed E-state index contributed by atoms with van der Waals surface area (Å²) in [5.41, 5.74) is 6.56. The van der Waals surface area contributed by atoms with Crippen LogP contribution in [0.2, 0.25) is 0 Å². The van der Waals surface area contributed by atoms with Gasteiger partial charge < -0.3 is 19.7 Å². The summed E-state index contributed by atoms with van der Waals surface area (Å²) >= 11 is 3.70. The predicted octanol–water partition coefficient (Wildman–Crippen LogP) is 5.55. The van der Waals surface area contributed by atoms with E-state index in [1.165, 1.54) is 22.3 Å². The molecular formula is C29H25BrO4. The Kier molecular flexibility index (Phi) is 6.42. The molecule has 0 heterocycles. The Morgan fingerprint density at radius 1 is 0.618 bits per heavy atom. The van der Waals surface area contributed by atoms with E-state index >= 15 is 0 Å². The Balaban J connectivity index is 1.74. The minimum Gasteiger partial charge on any atom is -0.491 e. The monoisotopic (exact) mass is 516 g/mol. The molecule has 4 aromatic rings.